The highest BCUT2D eigenvalue weighted by molar-refractivity contribution is 8.76. The minimum atomic E-state index is 0.101. The number of nitriles is 6. The molecule has 0 spiro atoms. The third kappa shape index (κ3) is 2.92. The Labute approximate surface area is 152 Å². The number of rotatable bonds is 3. The van der Waals surface area contributed by atoms with Gasteiger partial charge in [-0.1, -0.05) is 0 Å². The SMILES string of the molecule is N#Cc1sc(C#N)c(SSc2c(C#N)sc(C#N)c2C#N)c1C#N. The zero-order valence-electron chi connectivity index (χ0n) is 11.3. The summed E-state index contributed by atoms with van der Waals surface area (Å²) in [6.45, 7) is 0. The molecule has 0 saturated carbocycles. The Hall–Kier alpha value is -2.96. The van der Waals surface area contributed by atoms with Crippen LogP contribution in [0, 0.1) is 68.0 Å². The lowest BCUT2D eigenvalue weighted by atomic mass is 10.3. The minimum Gasteiger partial charge on any atom is -0.192 e. The third-order valence-electron chi connectivity index (χ3n) is 2.57. The first-order valence-corrected chi connectivity index (χ1v) is 9.52. The van der Waals surface area contributed by atoms with Gasteiger partial charge in [-0.2, -0.15) is 31.6 Å². The van der Waals surface area contributed by atoms with Crippen molar-refractivity contribution in [2.24, 2.45) is 0 Å². The van der Waals surface area contributed by atoms with Crippen molar-refractivity contribution in [3.8, 4) is 36.4 Å². The van der Waals surface area contributed by atoms with Gasteiger partial charge < -0.3 is 0 Å². The Morgan fingerprint density at radius 2 is 0.833 bits per heavy atom. The van der Waals surface area contributed by atoms with Crippen molar-refractivity contribution in [2.45, 2.75) is 9.79 Å². The van der Waals surface area contributed by atoms with Crippen LogP contribution in [0.1, 0.15) is 30.6 Å². The molecule has 6 nitrogen and oxygen atoms in total. The molecular formula is C14N6S4. The van der Waals surface area contributed by atoms with Crippen molar-refractivity contribution in [1.29, 1.82) is 31.6 Å². The van der Waals surface area contributed by atoms with Crippen LogP contribution in [0.15, 0.2) is 9.79 Å². The molecule has 0 bridgehead atoms. The summed E-state index contributed by atoms with van der Waals surface area (Å²) in [7, 11) is 2.04. The minimum absolute atomic E-state index is 0.101. The van der Waals surface area contributed by atoms with E-state index in [1.54, 1.807) is 0 Å². The second-order valence-electron chi connectivity index (χ2n) is 3.77. The Balaban J connectivity index is 2.49. The average Bonchev–Trinajstić information content (AvgIpc) is 3.15. The summed E-state index contributed by atoms with van der Waals surface area (Å²) in [5, 5.41) is 54.8. The second kappa shape index (κ2) is 7.54. The lowest BCUT2D eigenvalue weighted by Gasteiger charge is -2.00. The highest BCUT2D eigenvalue weighted by Gasteiger charge is 2.23. The Kier molecular flexibility index (Phi) is 5.47. The maximum atomic E-state index is 9.21. The van der Waals surface area contributed by atoms with Gasteiger partial charge in [0.05, 0.1) is 20.9 Å². The molecule has 2 aromatic rings. The van der Waals surface area contributed by atoms with Gasteiger partial charge in [0.25, 0.3) is 0 Å². The van der Waals surface area contributed by atoms with E-state index in [9.17, 15) is 10.5 Å². The summed E-state index contributed by atoms with van der Waals surface area (Å²) in [4.78, 5) is 1.36. The van der Waals surface area contributed by atoms with Crippen molar-refractivity contribution in [3.05, 3.63) is 30.6 Å². The largest absolute Gasteiger partial charge is 0.192 e. The van der Waals surface area contributed by atoms with Gasteiger partial charge in [-0.05, 0) is 21.6 Å². The van der Waals surface area contributed by atoms with E-state index in [2.05, 4.69) is 0 Å². The molecule has 110 valence electrons. The molecule has 10 heteroatoms. The number of hydrogen-bond acceptors (Lipinski definition) is 10. The molecule has 0 N–H and O–H groups in total. The van der Waals surface area contributed by atoms with Crippen molar-refractivity contribution < 1.29 is 0 Å². The molecular weight excluding hydrogens is 380 g/mol. The lowest BCUT2D eigenvalue weighted by Crippen LogP contribution is -1.81. The predicted octanol–water partition coefficient (Wildman–Crippen LogP) is 3.84. The fourth-order valence-corrected chi connectivity index (χ4v) is 6.38. The molecule has 0 radical (unpaired) electrons. The zero-order chi connectivity index (χ0) is 17.7. The third-order valence-corrected chi connectivity index (χ3v) is 7.31. The molecule has 0 aliphatic rings. The van der Waals surface area contributed by atoms with Gasteiger partial charge in [0.15, 0.2) is 0 Å². The zero-order valence-corrected chi connectivity index (χ0v) is 14.6. The molecule has 2 rings (SSSR count). The summed E-state index contributed by atoms with van der Waals surface area (Å²) in [6, 6.07) is 11.4. The highest BCUT2D eigenvalue weighted by atomic mass is 33.1. The van der Waals surface area contributed by atoms with Gasteiger partial charge in [-0.15, -0.1) is 22.7 Å². The molecule has 0 fully saturated rings. The number of hydrogen-bond donors (Lipinski definition) is 0. The van der Waals surface area contributed by atoms with Crippen LogP contribution in [0.25, 0.3) is 0 Å². The van der Waals surface area contributed by atoms with E-state index in [1.165, 1.54) is 0 Å². The van der Waals surface area contributed by atoms with E-state index in [1.807, 2.05) is 36.4 Å². The molecule has 0 aliphatic heterocycles. The summed E-state index contributed by atoms with van der Waals surface area (Å²) in [5.74, 6) is 0. The van der Waals surface area contributed by atoms with E-state index < -0.39 is 0 Å². The fourth-order valence-electron chi connectivity index (χ4n) is 1.58. The first kappa shape index (κ1) is 17.4. The summed E-state index contributed by atoms with van der Waals surface area (Å²) in [5.41, 5.74) is 0.202. The van der Waals surface area contributed by atoms with Gasteiger partial charge in [0, 0.05) is 0 Å². The first-order valence-electron chi connectivity index (χ1n) is 5.73. The molecule has 0 aromatic carbocycles. The van der Waals surface area contributed by atoms with Crippen molar-refractivity contribution >= 4 is 44.3 Å². The molecule has 0 atom stereocenters. The fraction of sp³-hybridized carbons (Fsp3) is 0. The summed E-state index contributed by atoms with van der Waals surface area (Å²) in [6.07, 6.45) is 0. The predicted molar refractivity (Wildman–Crippen MR) is 88.6 cm³/mol. The molecule has 24 heavy (non-hydrogen) atoms. The summed E-state index contributed by atoms with van der Waals surface area (Å²) < 4.78 is 0. The molecule has 0 amide bonds. The molecule has 0 unspecified atom stereocenters. The van der Waals surface area contributed by atoms with Crippen LogP contribution in [0.4, 0.5) is 0 Å². The number of thiophene rings is 2. The monoisotopic (exact) mass is 380 g/mol. The Bertz CT molecular complexity index is 994. The lowest BCUT2D eigenvalue weighted by molar-refractivity contribution is 1.38. The van der Waals surface area contributed by atoms with Crippen LogP contribution in [0.3, 0.4) is 0 Å². The Morgan fingerprint density at radius 1 is 0.500 bits per heavy atom. The van der Waals surface area contributed by atoms with Gasteiger partial charge >= 0.3 is 0 Å². The maximum Gasteiger partial charge on any atom is 0.125 e. The molecule has 0 aliphatic carbocycles. The molecule has 0 saturated heterocycles. The van der Waals surface area contributed by atoms with E-state index in [0.29, 0.717) is 9.79 Å². The van der Waals surface area contributed by atoms with Crippen LogP contribution in [0.5, 0.6) is 0 Å². The van der Waals surface area contributed by atoms with Crippen LogP contribution in [0.2, 0.25) is 0 Å². The van der Waals surface area contributed by atoms with E-state index in [4.69, 9.17) is 21.0 Å². The topological polar surface area (TPSA) is 143 Å². The van der Waals surface area contributed by atoms with Crippen molar-refractivity contribution in [3.63, 3.8) is 0 Å². The first-order chi connectivity index (χ1) is 11.6. The van der Waals surface area contributed by atoms with Crippen molar-refractivity contribution in [1.82, 2.24) is 0 Å². The molecule has 2 heterocycles. The van der Waals surface area contributed by atoms with E-state index in [0.717, 1.165) is 44.3 Å². The second-order valence-corrected chi connectivity index (χ2v) is 7.96. The van der Waals surface area contributed by atoms with Gasteiger partial charge in [-0.3, -0.25) is 0 Å². The van der Waals surface area contributed by atoms with Crippen LogP contribution < -0.4 is 0 Å². The normalized spacial score (nSPS) is 8.92. The maximum absolute atomic E-state index is 9.21. The highest BCUT2D eigenvalue weighted by Crippen LogP contribution is 2.48. The van der Waals surface area contributed by atoms with Gasteiger partial charge in [-0.25, -0.2) is 0 Å². The van der Waals surface area contributed by atoms with Crippen LogP contribution in [-0.4, -0.2) is 0 Å². The van der Waals surface area contributed by atoms with Crippen molar-refractivity contribution in [2.75, 3.05) is 0 Å². The molecule has 2 aromatic heterocycles. The smallest absolute Gasteiger partial charge is 0.125 e. The van der Waals surface area contributed by atoms with E-state index in [-0.39, 0.29) is 30.6 Å². The average molecular weight is 380 g/mol. The standard InChI is InChI=1S/C14N6S4/c15-1-7-9(3-17)21-11(5-19)13(7)23-24-14-8(2-16)10(4-18)22-12(14)6-20. The van der Waals surface area contributed by atoms with Crippen LogP contribution in [-0.2, 0) is 0 Å². The van der Waals surface area contributed by atoms with E-state index >= 15 is 0 Å². The van der Waals surface area contributed by atoms with Gasteiger partial charge in [0.2, 0.25) is 0 Å². The summed E-state index contributed by atoms with van der Waals surface area (Å²) >= 11 is 1.83. The quantitative estimate of drug-likeness (QED) is 0.731. The number of nitrogens with zero attached hydrogens (tertiary/aromatic N) is 6. The van der Waals surface area contributed by atoms with Gasteiger partial charge in [0.1, 0.15) is 55.9 Å². The Morgan fingerprint density at radius 3 is 1.08 bits per heavy atom. The van der Waals surface area contributed by atoms with Crippen LogP contribution >= 0.6 is 44.3 Å².